The van der Waals surface area contributed by atoms with Crippen molar-refractivity contribution in [1.82, 2.24) is 0 Å². The molecular formula is C7H14BrN. The van der Waals surface area contributed by atoms with E-state index in [0.29, 0.717) is 0 Å². The van der Waals surface area contributed by atoms with Crippen molar-refractivity contribution >= 4 is 0 Å². The van der Waals surface area contributed by atoms with Crippen molar-refractivity contribution in [3.8, 4) is 0 Å². The molecule has 2 heteroatoms. The Morgan fingerprint density at radius 2 is 1.89 bits per heavy atom. The third-order valence-electron chi connectivity index (χ3n) is 1.74. The van der Waals surface area contributed by atoms with Crippen LogP contribution in [-0.2, 0) is 0 Å². The maximum atomic E-state index is 3.70. The highest BCUT2D eigenvalue weighted by Crippen LogP contribution is 1.86. The van der Waals surface area contributed by atoms with Crippen molar-refractivity contribution in [2.75, 3.05) is 19.6 Å². The van der Waals surface area contributed by atoms with Crippen LogP contribution in [-0.4, -0.2) is 19.6 Å². The predicted octanol–water partition coefficient (Wildman–Crippen LogP) is -3.14. The molecule has 0 saturated carbocycles. The van der Waals surface area contributed by atoms with Crippen molar-refractivity contribution in [2.24, 2.45) is 0 Å². The van der Waals surface area contributed by atoms with Gasteiger partial charge in [-0.25, -0.2) is 0 Å². The van der Waals surface area contributed by atoms with E-state index in [4.69, 9.17) is 0 Å². The number of quaternary nitrogens is 1. The van der Waals surface area contributed by atoms with Crippen LogP contribution in [0.3, 0.4) is 0 Å². The first-order chi connectivity index (χ1) is 3.93. The molecule has 0 aromatic rings. The van der Waals surface area contributed by atoms with Gasteiger partial charge in [0.15, 0.2) is 0 Å². The molecule has 0 spiro atoms. The van der Waals surface area contributed by atoms with Gasteiger partial charge in [0.1, 0.15) is 0 Å². The molecule has 0 radical (unpaired) electrons. The van der Waals surface area contributed by atoms with Gasteiger partial charge >= 0.3 is 0 Å². The minimum atomic E-state index is 0. The first-order valence-corrected chi connectivity index (χ1v) is 3.38. The summed E-state index contributed by atoms with van der Waals surface area (Å²) >= 11 is 0. The molecule has 9 heavy (non-hydrogen) atoms. The molecule has 0 aromatic carbocycles. The Labute approximate surface area is 67.5 Å². The molecule has 0 amide bonds. The topological polar surface area (TPSA) is 4.44 Å². The van der Waals surface area contributed by atoms with Crippen molar-refractivity contribution in [1.29, 1.82) is 0 Å². The molecular weight excluding hydrogens is 178 g/mol. The van der Waals surface area contributed by atoms with Gasteiger partial charge in [-0.3, -0.25) is 0 Å². The summed E-state index contributed by atoms with van der Waals surface area (Å²) in [6.45, 7) is 7.60. The molecule has 0 atom stereocenters. The molecule has 0 bridgehead atoms. The van der Waals surface area contributed by atoms with Crippen LogP contribution in [0.5, 0.6) is 0 Å². The zero-order chi connectivity index (χ0) is 5.82. The summed E-state index contributed by atoms with van der Waals surface area (Å²) in [5.41, 5.74) is 0. The Morgan fingerprint density at radius 1 is 1.33 bits per heavy atom. The van der Waals surface area contributed by atoms with Gasteiger partial charge in [0.2, 0.25) is 0 Å². The van der Waals surface area contributed by atoms with Gasteiger partial charge < -0.3 is 21.9 Å². The minimum absolute atomic E-state index is 0. The number of hydrogen-bond donors (Lipinski definition) is 1. The SMILES string of the molecule is C=CC[NH+]1CCCC1.[Br-]. The van der Waals surface area contributed by atoms with Gasteiger partial charge in [0, 0.05) is 12.8 Å². The summed E-state index contributed by atoms with van der Waals surface area (Å²) in [6.07, 6.45) is 4.85. The molecule has 0 aromatic heterocycles. The lowest BCUT2D eigenvalue weighted by Crippen LogP contribution is -3.09. The molecule has 1 aliphatic rings. The van der Waals surface area contributed by atoms with E-state index in [1.165, 1.54) is 32.5 Å². The minimum Gasteiger partial charge on any atom is -1.00 e. The maximum Gasteiger partial charge on any atom is 0.0955 e. The lowest BCUT2D eigenvalue weighted by atomic mass is 10.4. The zero-order valence-electron chi connectivity index (χ0n) is 5.70. The second-order valence-corrected chi connectivity index (χ2v) is 2.45. The number of halogens is 1. The summed E-state index contributed by atoms with van der Waals surface area (Å²) in [6, 6.07) is 0. The number of rotatable bonds is 2. The lowest BCUT2D eigenvalue weighted by Gasteiger charge is -2.06. The molecule has 54 valence electrons. The van der Waals surface area contributed by atoms with Crippen LogP contribution in [0.1, 0.15) is 12.8 Å². The summed E-state index contributed by atoms with van der Waals surface area (Å²) in [7, 11) is 0. The third-order valence-corrected chi connectivity index (χ3v) is 1.74. The average molecular weight is 192 g/mol. The fourth-order valence-corrected chi connectivity index (χ4v) is 1.28. The van der Waals surface area contributed by atoms with E-state index in [-0.39, 0.29) is 17.0 Å². The third kappa shape index (κ3) is 3.01. The van der Waals surface area contributed by atoms with E-state index in [2.05, 4.69) is 6.58 Å². The highest BCUT2D eigenvalue weighted by atomic mass is 79.9. The molecule has 1 saturated heterocycles. The normalized spacial score (nSPS) is 19.1. The number of likely N-dealkylation sites (tertiary alicyclic amines) is 1. The first-order valence-electron chi connectivity index (χ1n) is 3.38. The molecule has 1 nitrogen and oxygen atoms in total. The van der Waals surface area contributed by atoms with Gasteiger partial charge in [0.05, 0.1) is 19.6 Å². The Hall–Kier alpha value is 0.180. The van der Waals surface area contributed by atoms with E-state index in [1.807, 2.05) is 6.08 Å². The molecule has 0 unspecified atom stereocenters. The lowest BCUT2D eigenvalue weighted by molar-refractivity contribution is -0.881. The standard InChI is InChI=1S/C7H13N.BrH/c1-2-5-8-6-3-4-7-8;/h2H,1,3-7H2;1H. The van der Waals surface area contributed by atoms with Crippen LogP contribution >= 0.6 is 0 Å². The Balaban J connectivity index is 0.000000640. The molecule has 1 fully saturated rings. The van der Waals surface area contributed by atoms with E-state index >= 15 is 0 Å². The summed E-state index contributed by atoms with van der Waals surface area (Å²) in [4.78, 5) is 1.71. The molecule has 1 heterocycles. The van der Waals surface area contributed by atoms with E-state index < -0.39 is 0 Å². The number of nitrogens with one attached hydrogen (secondary N) is 1. The number of hydrogen-bond acceptors (Lipinski definition) is 0. The molecule has 1 rings (SSSR count). The molecule has 1 N–H and O–H groups in total. The second-order valence-electron chi connectivity index (χ2n) is 2.45. The molecule has 1 aliphatic heterocycles. The van der Waals surface area contributed by atoms with Gasteiger partial charge in [-0.1, -0.05) is 6.58 Å². The Kier molecular flexibility index (Phi) is 5.10. The van der Waals surface area contributed by atoms with Crippen molar-refractivity contribution in [3.05, 3.63) is 12.7 Å². The van der Waals surface area contributed by atoms with Crippen LogP contribution in [0.25, 0.3) is 0 Å². The summed E-state index contributed by atoms with van der Waals surface area (Å²) in [5.74, 6) is 0. The largest absolute Gasteiger partial charge is 1.00 e. The second kappa shape index (κ2) is 5.00. The van der Waals surface area contributed by atoms with Crippen LogP contribution in [0.2, 0.25) is 0 Å². The Morgan fingerprint density at radius 3 is 2.33 bits per heavy atom. The fourth-order valence-electron chi connectivity index (χ4n) is 1.28. The van der Waals surface area contributed by atoms with E-state index in [9.17, 15) is 0 Å². The van der Waals surface area contributed by atoms with Gasteiger partial charge in [0.25, 0.3) is 0 Å². The first kappa shape index (κ1) is 9.18. The van der Waals surface area contributed by atoms with Crippen LogP contribution in [0, 0.1) is 0 Å². The zero-order valence-corrected chi connectivity index (χ0v) is 7.28. The van der Waals surface area contributed by atoms with E-state index in [0.717, 1.165) is 0 Å². The highest BCUT2D eigenvalue weighted by molar-refractivity contribution is 4.63. The van der Waals surface area contributed by atoms with Crippen LogP contribution in [0.4, 0.5) is 0 Å². The maximum absolute atomic E-state index is 3.70. The smallest absolute Gasteiger partial charge is 0.0955 e. The molecule has 0 aliphatic carbocycles. The van der Waals surface area contributed by atoms with Crippen LogP contribution in [0.15, 0.2) is 12.7 Å². The van der Waals surface area contributed by atoms with Crippen molar-refractivity contribution in [3.63, 3.8) is 0 Å². The van der Waals surface area contributed by atoms with E-state index in [1.54, 1.807) is 4.90 Å². The summed E-state index contributed by atoms with van der Waals surface area (Å²) < 4.78 is 0. The predicted molar refractivity (Wildman–Crippen MR) is 35.0 cm³/mol. The monoisotopic (exact) mass is 191 g/mol. The average Bonchev–Trinajstić information content (AvgIpc) is 2.19. The van der Waals surface area contributed by atoms with Gasteiger partial charge in [-0.05, 0) is 6.08 Å². The Bertz CT molecular complexity index is 77.0. The van der Waals surface area contributed by atoms with Gasteiger partial charge in [-0.15, -0.1) is 0 Å². The summed E-state index contributed by atoms with van der Waals surface area (Å²) in [5, 5.41) is 0. The fraction of sp³-hybridized carbons (Fsp3) is 0.714. The van der Waals surface area contributed by atoms with Crippen molar-refractivity contribution < 1.29 is 21.9 Å². The van der Waals surface area contributed by atoms with Crippen molar-refractivity contribution in [2.45, 2.75) is 12.8 Å². The quantitative estimate of drug-likeness (QED) is 0.441. The van der Waals surface area contributed by atoms with Gasteiger partial charge in [-0.2, -0.15) is 0 Å². The highest BCUT2D eigenvalue weighted by Gasteiger charge is 2.11. The van der Waals surface area contributed by atoms with Crippen LogP contribution < -0.4 is 21.9 Å².